The highest BCUT2D eigenvalue weighted by Crippen LogP contribution is 2.66. The molecule has 3 aliphatic rings. The third-order valence-corrected chi connectivity index (χ3v) is 6.60. The summed E-state index contributed by atoms with van der Waals surface area (Å²) in [6.45, 7) is 6.27. The Morgan fingerprint density at radius 1 is 1.37 bits per heavy atom. The van der Waals surface area contributed by atoms with E-state index in [4.69, 9.17) is 4.74 Å². The number of rotatable bonds is 5. The van der Waals surface area contributed by atoms with Crippen molar-refractivity contribution in [2.75, 3.05) is 36.5 Å². The average molecular weight is 382 g/mol. The number of allylic oxidation sites excluding steroid dienone is 1. The second-order valence-electron chi connectivity index (χ2n) is 7.90. The molecule has 3 unspecified atom stereocenters. The van der Waals surface area contributed by atoms with Gasteiger partial charge in [-0.25, -0.2) is 4.98 Å². The molecule has 3 fully saturated rings. The molecule has 4 rings (SSSR count). The van der Waals surface area contributed by atoms with Crippen LogP contribution in [0.3, 0.4) is 0 Å². The van der Waals surface area contributed by atoms with Crippen molar-refractivity contribution >= 4 is 11.8 Å². The number of aromatic nitrogens is 2. The lowest BCUT2D eigenvalue weighted by Gasteiger charge is -2.39. The van der Waals surface area contributed by atoms with Gasteiger partial charge in [-0.1, -0.05) is 6.92 Å². The first-order chi connectivity index (χ1) is 12.8. The van der Waals surface area contributed by atoms with Crippen LogP contribution in [-0.4, -0.2) is 42.8 Å². The average Bonchev–Trinajstić information content (AvgIpc) is 3.02. The number of anilines is 2. The molecule has 148 valence electrons. The number of methoxy groups -OCH3 is 1. The minimum Gasteiger partial charge on any atom is -0.505 e. The molecule has 4 atom stereocenters. The molecule has 1 aromatic heterocycles. The summed E-state index contributed by atoms with van der Waals surface area (Å²) in [5.41, 5.74) is -0.744. The summed E-state index contributed by atoms with van der Waals surface area (Å²) in [5, 5.41) is 0. The van der Waals surface area contributed by atoms with Gasteiger partial charge in [-0.05, 0) is 43.1 Å². The van der Waals surface area contributed by atoms with Crippen LogP contribution in [0.1, 0.15) is 32.4 Å². The Hall–Kier alpha value is -1.99. The van der Waals surface area contributed by atoms with Crippen molar-refractivity contribution in [3.05, 3.63) is 24.1 Å². The van der Waals surface area contributed by atoms with Gasteiger partial charge in [-0.3, -0.25) is 0 Å². The van der Waals surface area contributed by atoms with Crippen LogP contribution >= 0.6 is 0 Å². The van der Waals surface area contributed by atoms with Gasteiger partial charge in [0.05, 0.1) is 13.4 Å². The van der Waals surface area contributed by atoms with E-state index >= 15 is 0 Å². The SMILES string of the molecule is CCC12CN(c3cc(C(F)(F)F)nc(N4CC[C@@H]4C)n3)CC1C2/C=C/OC. The Morgan fingerprint density at radius 2 is 2.15 bits per heavy atom. The first-order valence-electron chi connectivity index (χ1n) is 9.47. The van der Waals surface area contributed by atoms with Crippen molar-refractivity contribution in [3.63, 3.8) is 0 Å². The van der Waals surface area contributed by atoms with Gasteiger partial charge >= 0.3 is 6.18 Å². The van der Waals surface area contributed by atoms with Crippen LogP contribution in [-0.2, 0) is 10.9 Å². The van der Waals surface area contributed by atoms with Gasteiger partial charge in [0.15, 0.2) is 5.69 Å². The summed E-state index contributed by atoms with van der Waals surface area (Å²) in [4.78, 5) is 12.2. The maximum absolute atomic E-state index is 13.4. The van der Waals surface area contributed by atoms with Crippen LogP contribution in [0, 0.1) is 17.3 Å². The fourth-order valence-electron chi connectivity index (χ4n) is 4.73. The lowest BCUT2D eigenvalue weighted by molar-refractivity contribution is -0.141. The number of nitrogens with zero attached hydrogens (tertiary/aromatic N) is 4. The molecule has 8 heteroatoms. The summed E-state index contributed by atoms with van der Waals surface area (Å²) in [7, 11) is 1.62. The predicted octanol–water partition coefficient (Wildman–Crippen LogP) is 3.72. The van der Waals surface area contributed by atoms with Crippen LogP contribution in [0.2, 0.25) is 0 Å². The topological polar surface area (TPSA) is 41.5 Å². The Morgan fingerprint density at radius 3 is 2.67 bits per heavy atom. The van der Waals surface area contributed by atoms with Crippen molar-refractivity contribution in [2.24, 2.45) is 17.3 Å². The summed E-state index contributed by atoms with van der Waals surface area (Å²) in [6, 6.07) is 1.28. The number of ether oxygens (including phenoxy) is 1. The largest absolute Gasteiger partial charge is 0.505 e. The smallest absolute Gasteiger partial charge is 0.433 e. The van der Waals surface area contributed by atoms with E-state index in [0.717, 1.165) is 32.0 Å². The van der Waals surface area contributed by atoms with Crippen LogP contribution in [0.5, 0.6) is 0 Å². The number of halogens is 3. The molecule has 2 saturated heterocycles. The number of piperidine rings is 1. The lowest BCUT2D eigenvalue weighted by Crippen LogP contribution is -2.47. The molecule has 2 aliphatic heterocycles. The maximum atomic E-state index is 13.4. The third-order valence-electron chi connectivity index (χ3n) is 6.60. The molecule has 0 spiro atoms. The highest BCUT2D eigenvalue weighted by atomic mass is 19.4. The van der Waals surface area contributed by atoms with Gasteiger partial charge in [0, 0.05) is 31.7 Å². The normalized spacial score (nSPS) is 32.6. The van der Waals surface area contributed by atoms with Gasteiger partial charge in [0.25, 0.3) is 0 Å². The molecule has 0 N–H and O–H groups in total. The molecule has 27 heavy (non-hydrogen) atoms. The Balaban J connectivity index is 1.61. The molecule has 1 aliphatic carbocycles. The predicted molar refractivity (Wildman–Crippen MR) is 96.5 cm³/mol. The summed E-state index contributed by atoms with van der Waals surface area (Å²) < 4.78 is 45.2. The van der Waals surface area contributed by atoms with Gasteiger partial charge in [0.2, 0.25) is 5.95 Å². The van der Waals surface area contributed by atoms with Crippen LogP contribution in [0.15, 0.2) is 18.4 Å². The number of hydrogen-bond acceptors (Lipinski definition) is 5. The zero-order chi connectivity index (χ0) is 19.4. The van der Waals surface area contributed by atoms with E-state index < -0.39 is 11.9 Å². The standard InChI is InChI=1S/C19H25F3N4O/c1-4-18-11-25(10-14(18)13(18)6-8-27-3)16-9-15(19(20,21)22)23-17(24-16)26-7-5-12(26)2/h6,8-9,12-14H,4-5,7,10-11H2,1-3H3/b8-6+/t12-,13?,14?,18?/m0/s1. The molecular formula is C19H25F3N4O. The van der Waals surface area contributed by atoms with E-state index in [-0.39, 0.29) is 17.4 Å². The quantitative estimate of drug-likeness (QED) is 0.726. The van der Waals surface area contributed by atoms with Crippen LogP contribution in [0.4, 0.5) is 24.9 Å². The monoisotopic (exact) mass is 382 g/mol. The summed E-state index contributed by atoms with van der Waals surface area (Å²) in [5.74, 6) is 1.45. The molecule has 0 bridgehead atoms. The second kappa shape index (κ2) is 6.27. The van der Waals surface area contributed by atoms with E-state index in [2.05, 4.69) is 23.0 Å². The highest BCUT2D eigenvalue weighted by Gasteiger charge is 2.66. The van der Waals surface area contributed by atoms with Crippen molar-refractivity contribution in [3.8, 4) is 0 Å². The maximum Gasteiger partial charge on any atom is 0.433 e. The number of fused-ring (bicyclic) bond motifs is 1. The van der Waals surface area contributed by atoms with Crippen molar-refractivity contribution in [1.82, 2.24) is 9.97 Å². The zero-order valence-corrected chi connectivity index (χ0v) is 15.8. The molecule has 0 amide bonds. The van der Waals surface area contributed by atoms with E-state index in [1.54, 1.807) is 13.4 Å². The van der Waals surface area contributed by atoms with Crippen molar-refractivity contribution < 1.29 is 17.9 Å². The number of alkyl halides is 3. The van der Waals surface area contributed by atoms with Gasteiger partial charge < -0.3 is 14.5 Å². The van der Waals surface area contributed by atoms with Crippen molar-refractivity contribution in [2.45, 2.75) is 38.9 Å². The summed E-state index contributed by atoms with van der Waals surface area (Å²) in [6.07, 6.45) is 1.25. The van der Waals surface area contributed by atoms with E-state index in [0.29, 0.717) is 24.2 Å². The molecule has 0 radical (unpaired) electrons. The van der Waals surface area contributed by atoms with Gasteiger partial charge in [-0.15, -0.1) is 0 Å². The minimum atomic E-state index is -4.48. The molecule has 1 saturated carbocycles. The molecule has 1 aromatic rings. The van der Waals surface area contributed by atoms with E-state index in [1.807, 2.05) is 16.7 Å². The third kappa shape index (κ3) is 2.93. The second-order valence-corrected chi connectivity index (χ2v) is 7.90. The van der Waals surface area contributed by atoms with Crippen LogP contribution in [0.25, 0.3) is 0 Å². The lowest BCUT2D eigenvalue weighted by atomic mass is 10.00. The Labute approximate surface area is 157 Å². The van der Waals surface area contributed by atoms with Gasteiger partial charge in [0.1, 0.15) is 5.82 Å². The molecule has 0 aromatic carbocycles. The summed E-state index contributed by atoms with van der Waals surface area (Å²) >= 11 is 0. The Bertz CT molecular complexity index is 753. The first-order valence-corrected chi connectivity index (χ1v) is 9.47. The minimum absolute atomic E-state index is 0.114. The number of hydrogen-bond donors (Lipinski definition) is 0. The van der Waals surface area contributed by atoms with Crippen molar-refractivity contribution in [1.29, 1.82) is 0 Å². The first kappa shape index (κ1) is 18.4. The fourth-order valence-corrected chi connectivity index (χ4v) is 4.73. The van der Waals surface area contributed by atoms with E-state index in [9.17, 15) is 13.2 Å². The van der Waals surface area contributed by atoms with Gasteiger partial charge in [-0.2, -0.15) is 18.2 Å². The Kier molecular flexibility index (Phi) is 4.27. The molecular weight excluding hydrogens is 357 g/mol. The van der Waals surface area contributed by atoms with E-state index in [1.165, 1.54) is 0 Å². The molecule has 5 nitrogen and oxygen atoms in total. The zero-order valence-electron chi connectivity index (χ0n) is 15.8. The fraction of sp³-hybridized carbons (Fsp3) is 0.684. The van der Waals surface area contributed by atoms with Crippen LogP contribution < -0.4 is 9.80 Å². The molecule has 3 heterocycles. The highest BCUT2D eigenvalue weighted by molar-refractivity contribution is 5.51.